The highest BCUT2D eigenvalue weighted by atomic mass is 35.5. The Hall–Kier alpha value is -3.72. The maximum Gasteiger partial charge on any atom is 0.319 e. The third kappa shape index (κ3) is 4.47. The molecule has 164 valence electrons. The molecule has 0 aliphatic carbocycles. The maximum absolute atomic E-state index is 13.2. The van der Waals surface area contributed by atoms with Gasteiger partial charge in [-0.15, -0.1) is 0 Å². The Kier molecular flexibility index (Phi) is 5.91. The fraction of sp³-hybridized carbons (Fsp3) is 0.227. The van der Waals surface area contributed by atoms with E-state index in [-0.39, 0.29) is 30.9 Å². The topological polar surface area (TPSA) is 122 Å². The second-order valence-electron chi connectivity index (χ2n) is 7.47. The van der Waals surface area contributed by atoms with Gasteiger partial charge in [0.1, 0.15) is 11.9 Å². The Labute approximate surface area is 187 Å². The fourth-order valence-electron chi connectivity index (χ4n) is 3.65. The molecule has 2 aromatic carbocycles. The quantitative estimate of drug-likeness (QED) is 0.524. The molecule has 0 bridgehead atoms. The molecule has 1 aliphatic rings. The Bertz CT molecular complexity index is 1290. The number of hydrogen-bond acceptors (Lipinski definition) is 5. The van der Waals surface area contributed by atoms with Crippen LogP contribution in [0.1, 0.15) is 30.3 Å². The number of carbonyl (C=O) groups excluding carboxylic acids is 3. The lowest BCUT2D eigenvalue weighted by molar-refractivity contribution is -0.135. The van der Waals surface area contributed by atoms with Crippen LogP contribution in [0.4, 0.5) is 10.5 Å². The number of anilines is 1. The minimum atomic E-state index is -0.788. The molecule has 1 aromatic heterocycles. The first-order valence-corrected chi connectivity index (χ1v) is 10.4. The fourth-order valence-corrected chi connectivity index (χ4v) is 3.78. The Morgan fingerprint density at radius 3 is 2.66 bits per heavy atom. The Morgan fingerprint density at radius 1 is 1.19 bits per heavy atom. The number of carbonyl (C=O) groups is 3. The lowest BCUT2D eigenvalue weighted by atomic mass is 10.0. The van der Waals surface area contributed by atoms with Crippen LogP contribution >= 0.6 is 11.6 Å². The standard InChI is InChI=1S/C22H20ClN5O4/c1-12-25-17-7-2-13(11-24-22(32)26-15-5-3-14(23)4-6-15)10-16(17)21(31)28(12)18-8-9-19(29)27-20(18)30/h2-7,10,18H,8-9,11H2,1H3,(H2,24,26,32)(H,27,29,30)/t18-/m1/s1. The predicted molar refractivity (Wildman–Crippen MR) is 119 cm³/mol. The summed E-state index contributed by atoms with van der Waals surface area (Å²) in [6, 6.07) is 10.6. The minimum Gasteiger partial charge on any atom is -0.334 e. The summed E-state index contributed by atoms with van der Waals surface area (Å²) in [7, 11) is 0. The van der Waals surface area contributed by atoms with Crippen molar-refractivity contribution in [1.82, 2.24) is 20.2 Å². The lowest BCUT2D eigenvalue weighted by Crippen LogP contribution is -2.45. The SMILES string of the molecule is Cc1nc2ccc(CNC(=O)Nc3ccc(Cl)cc3)cc2c(=O)n1[C@@H]1CCC(=O)NC1=O. The lowest BCUT2D eigenvalue weighted by Gasteiger charge is -2.24. The number of benzene rings is 2. The van der Waals surface area contributed by atoms with E-state index in [1.807, 2.05) is 0 Å². The van der Waals surface area contributed by atoms with Gasteiger partial charge in [-0.05, 0) is 55.3 Å². The molecule has 9 nitrogen and oxygen atoms in total. The van der Waals surface area contributed by atoms with Gasteiger partial charge in [0, 0.05) is 23.7 Å². The van der Waals surface area contributed by atoms with Crippen LogP contribution < -0.4 is 21.5 Å². The van der Waals surface area contributed by atoms with Gasteiger partial charge in [-0.3, -0.25) is 24.3 Å². The van der Waals surface area contributed by atoms with Crippen LogP contribution in [0.3, 0.4) is 0 Å². The number of halogens is 1. The zero-order chi connectivity index (χ0) is 22.8. The second-order valence-corrected chi connectivity index (χ2v) is 7.90. The summed E-state index contributed by atoms with van der Waals surface area (Å²) in [5, 5.41) is 8.60. The molecule has 4 amide bonds. The van der Waals surface area contributed by atoms with Crippen molar-refractivity contribution in [2.75, 3.05) is 5.32 Å². The molecule has 4 rings (SSSR count). The highest BCUT2D eigenvalue weighted by molar-refractivity contribution is 6.30. The van der Waals surface area contributed by atoms with Gasteiger partial charge in [0.2, 0.25) is 11.8 Å². The highest BCUT2D eigenvalue weighted by Gasteiger charge is 2.30. The van der Waals surface area contributed by atoms with Gasteiger partial charge >= 0.3 is 6.03 Å². The molecule has 1 atom stereocenters. The normalized spacial score (nSPS) is 16.0. The number of piperidine rings is 1. The zero-order valence-corrected chi connectivity index (χ0v) is 17.9. The van der Waals surface area contributed by atoms with Crippen LogP contribution in [0.2, 0.25) is 5.02 Å². The van der Waals surface area contributed by atoms with Crippen molar-refractivity contribution in [2.24, 2.45) is 0 Å². The third-order valence-corrected chi connectivity index (χ3v) is 5.47. The van der Waals surface area contributed by atoms with Gasteiger partial charge in [0.15, 0.2) is 0 Å². The molecule has 0 spiro atoms. The number of nitrogens with one attached hydrogen (secondary N) is 3. The van der Waals surface area contributed by atoms with Crippen molar-refractivity contribution in [3.63, 3.8) is 0 Å². The number of nitrogens with zero attached hydrogens (tertiary/aromatic N) is 2. The van der Waals surface area contributed by atoms with E-state index in [4.69, 9.17) is 11.6 Å². The molecule has 10 heteroatoms. The van der Waals surface area contributed by atoms with Gasteiger partial charge in [0.05, 0.1) is 10.9 Å². The van der Waals surface area contributed by atoms with E-state index in [2.05, 4.69) is 20.9 Å². The number of urea groups is 1. The number of aromatic nitrogens is 2. The summed E-state index contributed by atoms with van der Waals surface area (Å²) < 4.78 is 1.33. The van der Waals surface area contributed by atoms with E-state index in [0.717, 1.165) is 0 Å². The summed E-state index contributed by atoms with van der Waals surface area (Å²) >= 11 is 5.84. The van der Waals surface area contributed by atoms with E-state index in [0.29, 0.717) is 33.0 Å². The van der Waals surface area contributed by atoms with Gasteiger partial charge in [-0.1, -0.05) is 17.7 Å². The first kappa shape index (κ1) is 21.5. The third-order valence-electron chi connectivity index (χ3n) is 5.22. The van der Waals surface area contributed by atoms with Crippen LogP contribution in [0.25, 0.3) is 10.9 Å². The largest absolute Gasteiger partial charge is 0.334 e. The Balaban J connectivity index is 1.54. The van der Waals surface area contributed by atoms with E-state index in [1.165, 1.54) is 4.57 Å². The number of hydrogen-bond donors (Lipinski definition) is 3. The molecule has 0 radical (unpaired) electrons. The van der Waals surface area contributed by atoms with Crippen molar-refractivity contribution in [3.05, 3.63) is 69.2 Å². The zero-order valence-electron chi connectivity index (χ0n) is 17.1. The van der Waals surface area contributed by atoms with Gasteiger partial charge in [-0.25, -0.2) is 9.78 Å². The van der Waals surface area contributed by atoms with Gasteiger partial charge in [-0.2, -0.15) is 0 Å². The van der Waals surface area contributed by atoms with Crippen molar-refractivity contribution in [2.45, 2.75) is 32.4 Å². The first-order chi connectivity index (χ1) is 15.3. The number of amides is 4. The van der Waals surface area contributed by atoms with Crippen LogP contribution in [0.5, 0.6) is 0 Å². The number of aryl methyl sites for hydroxylation is 1. The Morgan fingerprint density at radius 2 is 1.94 bits per heavy atom. The van der Waals surface area contributed by atoms with Crippen molar-refractivity contribution >= 4 is 46.0 Å². The van der Waals surface area contributed by atoms with Crippen LogP contribution in [-0.4, -0.2) is 27.4 Å². The molecule has 1 fully saturated rings. The average molecular weight is 454 g/mol. The summed E-state index contributed by atoms with van der Waals surface area (Å²) in [4.78, 5) is 53.5. The molecule has 0 saturated carbocycles. The van der Waals surface area contributed by atoms with Crippen LogP contribution in [-0.2, 0) is 16.1 Å². The molecule has 1 aliphatic heterocycles. The summed E-state index contributed by atoms with van der Waals surface area (Å²) in [5.74, 6) is -0.467. The summed E-state index contributed by atoms with van der Waals surface area (Å²) in [5.41, 5.74) is 1.42. The van der Waals surface area contributed by atoms with Crippen molar-refractivity contribution in [3.8, 4) is 0 Å². The van der Waals surface area contributed by atoms with Crippen molar-refractivity contribution in [1.29, 1.82) is 0 Å². The van der Waals surface area contributed by atoms with Gasteiger partial charge in [0.25, 0.3) is 5.56 Å². The molecular weight excluding hydrogens is 434 g/mol. The summed E-state index contributed by atoms with van der Waals surface area (Å²) in [6.07, 6.45) is 0.401. The van der Waals surface area contributed by atoms with Crippen LogP contribution in [0.15, 0.2) is 47.3 Å². The van der Waals surface area contributed by atoms with E-state index in [1.54, 1.807) is 49.4 Å². The van der Waals surface area contributed by atoms with E-state index in [9.17, 15) is 19.2 Å². The molecular formula is C22H20ClN5O4. The number of rotatable bonds is 4. The number of fused-ring (bicyclic) bond motifs is 1. The molecule has 3 N–H and O–H groups in total. The molecule has 32 heavy (non-hydrogen) atoms. The molecule has 1 saturated heterocycles. The van der Waals surface area contributed by atoms with E-state index < -0.39 is 18.0 Å². The molecule has 0 unspecified atom stereocenters. The second kappa shape index (κ2) is 8.80. The maximum atomic E-state index is 13.2. The van der Waals surface area contributed by atoms with Gasteiger partial charge < -0.3 is 10.6 Å². The average Bonchev–Trinajstić information content (AvgIpc) is 2.75. The van der Waals surface area contributed by atoms with E-state index >= 15 is 0 Å². The highest BCUT2D eigenvalue weighted by Crippen LogP contribution is 2.20. The number of imide groups is 1. The molecule has 3 aromatic rings. The monoisotopic (exact) mass is 453 g/mol. The van der Waals surface area contributed by atoms with Crippen molar-refractivity contribution < 1.29 is 14.4 Å². The molecule has 2 heterocycles. The predicted octanol–water partition coefficient (Wildman–Crippen LogP) is 2.66. The minimum absolute atomic E-state index is 0.160. The summed E-state index contributed by atoms with van der Waals surface area (Å²) in [6.45, 7) is 1.84. The smallest absolute Gasteiger partial charge is 0.319 e. The van der Waals surface area contributed by atoms with Crippen LogP contribution in [0, 0.1) is 6.92 Å². The first-order valence-electron chi connectivity index (χ1n) is 9.98.